The predicted molar refractivity (Wildman–Crippen MR) is 127 cm³/mol. The Morgan fingerprint density at radius 2 is 1.67 bits per heavy atom. The van der Waals surface area contributed by atoms with Gasteiger partial charge in [-0.05, 0) is 71.0 Å². The third-order valence-corrected chi connectivity index (χ3v) is 7.29. The first-order valence-electron chi connectivity index (χ1n) is 10.0. The Morgan fingerprint density at radius 1 is 0.900 bits per heavy atom. The summed E-state index contributed by atoms with van der Waals surface area (Å²) in [7, 11) is 0. The van der Waals surface area contributed by atoms with Crippen molar-refractivity contribution in [3.05, 3.63) is 98.3 Å². The van der Waals surface area contributed by atoms with Crippen molar-refractivity contribution in [3.8, 4) is 5.75 Å². The minimum Gasteiger partial charge on any atom is -0.488 e. The Kier molecular flexibility index (Phi) is 5.70. The summed E-state index contributed by atoms with van der Waals surface area (Å²) in [4.78, 5) is 3.78. The summed E-state index contributed by atoms with van der Waals surface area (Å²) in [6.07, 6.45) is 1.09. The second-order valence-corrected chi connectivity index (χ2v) is 9.63. The molecule has 1 aliphatic rings. The maximum Gasteiger partial charge on any atom is 0.123 e. The molecule has 0 saturated carbocycles. The maximum absolute atomic E-state index is 6.34. The number of halogens is 2. The molecule has 2 nitrogen and oxygen atoms in total. The number of hydrogen-bond acceptors (Lipinski definition) is 3. The Hall–Kier alpha value is -2.04. The molecular formula is C25H21Cl2NOS. The van der Waals surface area contributed by atoms with Crippen molar-refractivity contribution in [1.29, 1.82) is 0 Å². The molecule has 0 bridgehead atoms. The van der Waals surface area contributed by atoms with Gasteiger partial charge in [-0.3, -0.25) is 4.90 Å². The molecule has 5 rings (SSSR count). The largest absolute Gasteiger partial charge is 0.488 e. The lowest BCUT2D eigenvalue weighted by Crippen LogP contribution is -2.30. The van der Waals surface area contributed by atoms with Crippen LogP contribution in [0.1, 0.15) is 21.6 Å². The van der Waals surface area contributed by atoms with Crippen molar-refractivity contribution in [2.45, 2.75) is 26.1 Å². The Labute approximate surface area is 190 Å². The summed E-state index contributed by atoms with van der Waals surface area (Å²) in [5.41, 5.74) is 4.23. The summed E-state index contributed by atoms with van der Waals surface area (Å²) >= 11 is 14.1. The van der Waals surface area contributed by atoms with E-state index in [1.807, 2.05) is 30.3 Å². The molecule has 152 valence electrons. The van der Waals surface area contributed by atoms with Crippen molar-refractivity contribution >= 4 is 44.6 Å². The molecule has 4 aromatic rings. The van der Waals surface area contributed by atoms with Gasteiger partial charge in [-0.2, -0.15) is 0 Å². The van der Waals surface area contributed by atoms with Crippen molar-refractivity contribution in [2.24, 2.45) is 0 Å². The highest BCUT2D eigenvalue weighted by molar-refractivity contribution is 7.19. The standard InChI is InChI=1S/C25H21Cl2NOS/c26-19-5-8-21(9-6-19)29-16-25-23(22-13-20(27)7-10-24(22)30-25)15-28-12-11-17-3-1-2-4-18(17)14-28/h1-10,13H,11-12,14-16H2. The number of hydrogen-bond donors (Lipinski definition) is 0. The highest BCUT2D eigenvalue weighted by atomic mass is 35.5. The van der Waals surface area contributed by atoms with Crippen LogP contribution in [0.15, 0.2) is 66.7 Å². The number of thiophene rings is 1. The average Bonchev–Trinajstić information content (AvgIpc) is 3.10. The zero-order valence-corrected chi connectivity index (χ0v) is 18.7. The van der Waals surface area contributed by atoms with E-state index in [9.17, 15) is 0 Å². The van der Waals surface area contributed by atoms with Crippen LogP contribution in [-0.2, 0) is 26.1 Å². The quantitative estimate of drug-likeness (QED) is 0.313. The fraction of sp³-hybridized carbons (Fsp3) is 0.200. The van der Waals surface area contributed by atoms with Crippen molar-refractivity contribution in [2.75, 3.05) is 6.54 Å². The molecular weight excluding hydrogens is 433 g/mol. The predicted octanol–water partition coefficient (Wildman–Crippen LogP) is 7.35. The van der Waals surface area contributed by atoms with E-state index in [0.717, 1.165) is 36.8 Å². The van der Waals surface area contributed by atoms with Gasteiger partial charge in [0.25, 0.3) is 0 Å². The molecule has 0 aliphatic carbocycles. The van der Waals surface area contributed by atoms with Crippen LogP contribution in [-0.4, -0.2) is 11.4 Å². The SMILES string of the molecule is Clc1ccc(OCc2sc3ccc(Cl)cc3c2CN2CCc3ccccc3C2)cc1. The summed E-state index contributed by atoms with van der Waals surface area (Å²) in [6.45, 7) is 3.48. The van der Waals surface area contributed by atoms with Gasteiger partial charge in [-0.15, -0.1) is 11.3 Å². The lowest BCUT2D eigenvalue weighted by Gasteiger charge is -2.29. The van der Waals surface area contributed by atoms with Crippen LogP contribution in [0.4, 0.5) is 0 Å². The zero-order chi connectivity index (χ0) is 20.5. The summed E-state index contributed by atoms with van der Waals surface area (Å²) in [5, 5.41) is 2.72. The number of rotatable bonds is 5. The Morgan fingerprint density at radius 3 is 2.50 bits per heavy atom. The van der Waals surface area contributed by atoms with Gasteiger partial charge in [-0.1, -0.05) is 47.5 Å². The topological polar surface area (TPSA) is 12.5 Å². The lowest BCUT2D eigenvalue weighted by molar-refractivity contribution is 0.243. The Balaban J connectivity index is 1.43. The summed E-state index contributed by atoms with van der Waals surface area (Å²) < 4.78 is 7.34. The van der Waals surface area contributed by atoms with Crippen LogP contribution in [0.2, 0.25) is 10.0 Å². The van der Waals surface area contributed by atoms with E-state index >= 15 is 0 Å². The highest BCUT2D eigenvalue weighted by Crippen LogP contribution is 2.36. The molecule has 2 heterocycles. The van der Waals surface area contributed by atoms with E-state index in [4.69, 9.17) is 27.9 Å². The monoisotopic (exact) mass is 453 g/mol. The number of nitrogens with zero attached hydrogens (tertiary/aromatic N) is 1. The highest BCUT2D eigenvalue weighted by Gasteiger charge is 2.20. The van der Waals surface area contributed by atoms with Crippen LogP contribution < -0.4 is 4.74 Å². The summed E-state index contributed by atoms with van der Waals surface area (Å²) in [5.74, 6) is 0.827. The molecule has 0 amide bonds. The van der Waals surface area contributed by atoms with E-state index < -0.39 is 0 Å². The van der Waals surface area contributed by atoms with Gasteiger partial charge in [0.15, 0.2) is 0 Å². The molecule has 0 N–H and O–H groups in total. The van der Waals surface area contributed by atoms with Gasteiger partial charge in [0.1, 0.15) is 12.4 Å². The molecule has 0 spiro atoms. The average molecular weight is 454 g/mol. The van der Waals surface area contributed by atoms with Crippen molar-refractivity contribution in [1.82, 2.24) is 4.90 Å². The zero-order valence-electron chi connectivity index (χ0n) is 16.4. The van der Waals surface area contributed by atoms with Gasteiger partial charge < -0.3 is 4.74 Å². The van der Waals surface area contributed by atoms with Gasteiger partial charge in [0.05, 0.1) is 0 Å². The van der Waals surface area contributed by atoms with Gasteiger partial charge >= 0.3 is 0 Å². The molecule has 5 heteroatoms. The molecule has 30 heavy (non-hydrogen) atoms. The molecule has 0 atom stereocenters. The van der Waals surface area contributed by atoms with Gasteiger partial charge in [-0.25, -0.2) is 0 Å². The maximum atomic E-state index is 6.34. The van der Waals surface area contributed by atoms with E-state index in [1.165, 1.54) is 31.7 Å². The smallest absolute Gasteiger partial charge is 0.123 e. The van der Waals surface area contributed by atoms with E-state index in [0.29, 0.717) is 11.6 Å². The third-order valence-electron chi connectivity index (χ3n) is 5.61. The minimum absolute atomic E-state index is 0.540. The van der Waals surface area contributed by atoms with Crippen LogP contribution in [0.25, 0.3) is 10.1 Å². The lowest BCUT2D eigenvalue weighted by atomic mass is 9.99. The van der Waals surface area contributed by atoms with Gasteiger partial charge in [0, 0.05) is 39.3 Å². The van der Waals surface area contributed by atoms with E-state index in [-0.39, 0.29) is 0 Å². The fourth-order valence-electron chi connectivity index (χ4n) is 4.05. The first-order chi connectivity index (χ1) is 14.7. The van der Waals surface area contributed by atoms with Gasteiger partial charge in [0.2, 0.25) is 0 Å². The van der Waals surface area contributed by atoms with Crippen molar-refractivity contribution in [3.63, 3.8) is 0 Å². The van der Waals surface area contributed by atoms with Crippen LogP contribution in [0.3, 0.4) is 0 Å². The molecule has 1 aromatic heterocycles. The molecule has 1 aliphatic heterocycles. The second-order valence-electron chi connectivity index (χ2n) is 7.62. The third kappa shape index (κ3) is 4.21. The molecule has 0 radical (unpaired) electrons. The fourth-order valence-corrected chi connectivity index (χ4v) is 5.46. The first-order valence-corrected chi connectivity index (χ1v) is 11.6. The second kappa shape index (κ2) is 8.60. The first kappa shape index (κ1) is 19.9. The number of ether oxygens (including phenoxy) is 1. The van der Waals surface area contributed by atoms with Crippen LogP contribution >= 0.6 is 34.5 Å². The molecule has 0 fully saturated rings. The Bertz CT molecular complexity index is 1190. The number of benzene rings is 3. The normalized spacial score (nSPS) is 14.1. The van der Waals surface area contributed by atoms with E-state index in [1.54, 1.807) is 11.3 Å². The van der Waals surface area contributed by atoms with Crippen LogP contribution in [0.5, 0.6) is 5.75 Å². The summed E-state index contributed by atoms with van der Waals surface area (Å²) in [6, 6.07) is 22.5. The molecule has 0 unspecified atom stereocenters. The van der Waals surface area contributed by atoms with E-state index in [2.05, 4.69) is 41.3 Å². The molecule has 3 aromatic carbocycles. The number of fused-ring (bicyclic) bond motifs is 2. The molecule has 0 saturated heterocycles. The minimum atomic E-state index is 0.540. The van der Waals surface area contributed by atoms with Crippen molar-refractivity contribution < 1.29 is 4.74 Å². The van der Waals surface area contributed by atoms with Crippen LogP contribution in [0, 0.1) is 0 Å².